The van der Waals surface area contributed by atoms with E-state index in [4.69, 9.17) is 16.3 Å². The molecule has 3 rings (SSSR count). The summed E-state index contributed by atoms with van der Waals surface area (Å²) in [6, 6.07) is 19.6. The average Bonchev–Trinajstić information content (AvgIpc) is 2.45. The fourth-order valence-corrected chi connectivity index (χ4v) is 2.12. The molecule has 0 unspecified atom stereocenters. The number of aromatic nitrogens is 1. The third-order valence-electron chi connectivity index (χ3n) is 2.90. The van der Waals surface area contributed by atoms with E-state index in [0.29, 0.717) is 11.8 Å². The molecule has 1 heterocycles. The van der Waals surface area contributed by atoms with Crippen molar-refractivity contribution in [2.45, 2.75) is 6.61 Å². The van der Waals surface area contributed by atoms with E-state index in [1.165, 1.54) is 0 Å². The molecule has 94 valence electrons. The summed E-state index contributed by atoms with van der Waals surface area (Å²) < 4.78 is 5.86. The molecule has 3 heteroatoms. The molecule has 0 atom stereocenters. The molecule has 3 aromatic rings. The van der Waals surface area contributed by atoms with Gasteiger partial charge in [0, 0.05) is 5.39 Å². The van der Waals surface area contributed by atoms with Crippen LogP contribution < -0.4 is 4.74 Å². The van der Waals surface area contributed by atoms with Gasteiger partial charge in [-0.25, -0.2) is 4.98 Å². The lowest BCUT2D eigenvalue weighted by molar-refractivity contribution is 0.310. The molecule has 0 spiro atoms. The van der Waals surface area contributed by atoms with Crippen molar-refractivity contribution in [3.05, 3.63) is 71.4 Å². The van der Waals surface area contributed by atoms with Gasteiger partial charge in [-0.1, -0.05) is 48.0 Å². The number of rotatable bonds is 3. The molecule has 2 aromatic carbocycles. The average molecular weight is 270 g/mol. The summed E-state index contributed by atoms with van der Waals surface area (Å²) >= 11 is 5.89. The van der Waals surface area contributed by atoms with Gasteiger partial charge in [-0.05, 0) is 29.8 Å². The molecule has 0 amide bonds. The Morgan fingerprint density at radius 1 is 0.895 bits per heavy atom. The zero-order chi connectivity index (χ0) is 13.1. The second kappa shape index (κ2) is 5.29. The Morgan fingerprint density at radius 3 is 2.58 bits per heavy atom. The number of hydrogen-bond donors (Lipinski definition) is 0. The Kier molecular flexibility index (Phi) is 3.34. The SMILES string of the molecule is Clc1ccc2c(OCc3ccccc3)cccc2n1. The van der Waals surface area contributed by atoms with Crippen molar-refractivity contribution in [3.63, 3.8) is 0 Å². The van der Waals surface area contributed by atoms with Gasteiger partial charge in [0.15, 0.2) is 0 Å². The van der Waals surface area contributed by atoms with Crippen LogP contribution in [0.25, 0.3) is 10.9 Å². The molecule has 0 fully saturated rings. The lowest BCUT2D eigenvalue weighted by Crippen LogP contribution is -1.96. The van der Waals surface area contributed by atoms with Gasteiger partial charge in [-0.3, -0.25) is 0 Å². The number of nitrogens with zero attached hydrogens (tertiary/aromatic N) is 1. The van der Waals surface area contributed by atoms with Gasteiger partial charge in [-0.2, -0.15) is 0 Å². The highest BCUT2D eigenvalue weighted by atomic mass is 35.5. The standard InChI is InChI=1S/C16H12ClNO/c17-16-10-9-13-14(18-16)7-4-8-15(13)19-11-12-5-2-1-3-6-12/h1-10H,11H2. The first-order valence-corrected chi connectivity index (χ1v) is 6.43. The largest absolute Gasteiger partial charge is 0.488 e. The van der Waals surface area contributed by atoms with Gasteiger partial charge in [0.25, 0.3) is 0 Å². The molecular formula is C16H12ClNO. The second-order valence-electron chi connectivity index (χ2n) is 4.23. The first-order chi connectivity index (χ1) is 9.33. The molecule has 0 saturated carbocycles. The van der Waals surface area contributed by atoms with Gasteiger partial charge in [-0.15, -0.1) is 0 Å². The molecule has 0 bridgehead atoms. The van der Waals surface area contributed by atoms with E-state index in [1.807, 2.05) is 54.6 Å². The van der Waals surface area contributed by atoms with Crippen LogP contribution >= 0.6 is 11.6 Å². The molecule has 2 nitrogen and oxygen atoms in total. The zero-order valence-electron chi connectivity index (χ0n) is 10.2. The van der Waals surface area contributed by atoms with E-state index >= 15 is 0 Å². The Labute approximate surface area is 116 Å². The number of benzene rings is 2. The first kappa shape index (κ1) is 12.0. The topological polar surface area (TPSA) is 22.1 Å². The molecule has 0 aliphatic rings. The first-order valence-electron chi connectivity index (χ1n) is 6.05. The maximum Gasteiger partial charge on any atom is 0.129 e. The van der Waals surface area contributed by atoms with Gasteiger partial charge < -0.3 is 4.74 Å². The van der Waals surface area contributed by atoms with Crippen LogP contribution in [-0.4, -0.2) is 4.98 Å². The fraction of sp³-hybridized carbons (Fsp3) is 0.0625. The van der Waals surface area contributed by atoms with Crippen molar-refractivity contribution < 1.29 is 4.74 Å². The van der Waals surface area contributed by atoms with Gasteiger partial charge in [0.05, 0.1) is 5.52 Å². The molecule has 1 aromatic heterocycles. The lowest BCUT2D eigenvalue weighted by Gasteiger charge is -2.09. The summed E-state index contributed by atoms with van der Waals surface area (Å²) in [5, 5.41) is 1.47. The normalized spacial score (nSPS) is 10.6. The minimum atomic E-state index is 0.493. The number of ether oxygens (including phenoxy) is 1. The van der Waals surface area contributed by atoms with E-state index in [2.05, 4.69) is 4.98 Å². The summed E-state index contributed by atoms with van der Waals surface area (Å²) in [6.07, 6.45) is 0. The van der Waals surface area contributed by atoms with Crippen LogP contribution in [0.1, 0.15) is 5.56 Å². The third kappa shape index (κ3) is 2.69. The molecular weight excluding hydrogens is 258 g/mol. The van der Waals surface area contributed by atoms with Crippen molar-refractivity contribution >= 4 is 22.5 Å². The minimum absolute atomic E-state index is 0.493. The highest BCUT2D eigenvalue weighted by molar-refractivity contribution is 6.29. The van der Waals surface area contributed by atoms with Crippen molar-refractivity contribution in [3.8, 4) is 5.75 Å². The Bertz CT molecular complexity index is 697. The number of pyridine rings is 1. The summed E-state index contributed by atoms with van der Waals surface area (Å²) in [7, 11) is 0. The van der Waals surface area contributed by atoms with Crippen molar-refractivity contribution in [1.29, 1.82) is 0 Å². The molecule has 0 N–H and O–H groups in total. The van der Waals surface area contributed by atoms with Crippen LogP contribution in [0, 0.1) is 0 Å². The predicted octanol–water partition coefficient (Wildman–Crippen LogP) is 4.47. The van der Waals surface area contributed by atoms with E-state index < -0.39 is 0 Å². The summed E-state index contributed by atoms with van der Waals surface area (Å²) in [6.45, 7) is 0.544. The van der Waals surface area contributed by atoms with Crippen LogP contribution in [0.4, 0.5) is 0 Å². The third-order valence-corrected chi connectivity index (χ3v) is 3.11. The second-order valence-corrected chi connectivity index (χ2v) is 4.62. The van der Waals surface area contributed by atoms with Crippen LogP contribution in [-0.2, 0) is 6.61 Å². The van der Waals surface area contributed by atoms with E-state index in [9.17, 15) is 0 Å². The summed E-state index contributed by atoms with van der Waals surface area (Å²) in [4.78, 5) is 4.28. The number of halogens is 1. The highest BCUT2D eigenvalue weighted by Gasteiger charge is 2.03. The number of fused-ring (bicyclic) bond motifs is 1. The Hall–Kier alpha value is -2.06. The van der Waals surface area contributed by atoms with Crippen molar-refractivity contribution in [1.82, 2.24) is 4.98 Å². The lowest BCUT2D eigenvalue weighted by atomic mass is 10.2. The summed E-state index contributed by atoms with van der Waals surface area (Å²) in [5.74, 6) is 0.825. The highest BCUT2D eigenvalue weighted by Crippen LogP contribution is 2.26. The Morgan fingerprint density at radius 2 is 1.74 bits per heavy atom. The fourth-order valence-electron chi connectivity index (χ4n) is 1.96. The maximum absolute atomic E-state index is 5.89. The van der Waals surface area contributed by atoms with Gasteiger partial charge in [0.2, 0.25) is 0 Å². The van der Waals surface area contributed by atoms with Crippen molar-refractivity contribution in [2.24, 2.45) is 0 Å². The van der Waals surface area contributed by atoms with Crippen molar-refractivity contribution in [2.75, 3.05) is 0 Å². The molecule has 0 aliphatic carbocycles. The minimum Gasteiger partial charge on any atom is -0.488 e. The van der Waals surface area contributed by atoms with Crippen LogP contribution in [0.2, 0.25) is 5.15 Å². The Balaban J connectivity index is 1.89. The molecule has 0 aliphatic heterocycles. The summed E-state index contributed by atoms with van der Waals surface area (Å²) in [5.41, 5.74) is 1.99. The zero-order valence-corrected chi connectivity index (χ0v) is 11.0. The van der Waals surface area contributed by atoms with Crippen LogP contribution in [0.15, 0.2) is 60.7 Å². The quantitative estimate of drug-likeness (QED) is 0.655. The van der Waals surface area contributed by atoms with E-state index in [1.54, 1.807) is 6.07 Å². The smallest absolute Gasteiger partial charge is 0.129 e. The molecule has 19 heavy (non-hydrogen) atoms. The van der Waals surface area contributed by atoms with Gasteiger partial charge in [0.1, 0.15) is 17.5 Å². The predicted molar refractivity (Wildman–Crippen MR) is 77.5 cm³/mol. The van der Waals surface area contributed by atoms with E-state index in [0.717, 1.165) is 22.2 Å². The number of hydrogen-bond acceptors (Lipinski definition) is 2. The monoisotopic (exact) mass is 269 g/mol. The molecule has 0 saturated heterocycles. The van der Waals surface area contributed by atoms with Crippen LogP contribution in [0.3, 0.4) is 0 Å². The molecule has 0 radical (unpaired) electrons. The van der Waals surface area contributed by atoms with Crippen LogP contribution in [0.5, 0.6) is 5.75 Å². The maximum atomic E-state index is 5.89. The van der Waals surface area contributed by atoms with E-state index in [-0.39, 0.29) is 0 Å². The van der Waals surface area contributed by atoms with Gasteiger partial charge >= 0.3 is 0 Å².